The standard InChI is InChI=1S/C23H33N3O4.CH2O2/c1-15(2)25-21(27)12-19-9-10-20(26(19)14-16-7-8-16)13-24-22(28)17-5-4-6-18(11-17)23(29)30-3;2-1-3/h4-6,11,15-16,19-20H,7-10,12-14H2,1-3H3,(H,24,28)(H,25,27);1H,(H,2,3)/t19-,20+;/m1./s1. The van der Waals surface area contributed by atoms with Crippen LogP contribution in [0, 0.1) is 5.92 Å². The second kappa shape index (κ2) is 12.9. The Morgan fingerprint density at radius 2 is 1.79 bits per heavy atom. The lowest BCUT2D eigenvalue weighted by Crippen LogP contribution is -2.46. The molecule has 1 saturated heterocycles. The fraction of sp³-hybridized carbons (Fsp3) is 0.583. The number of hydrogen-bond acceptors (Lipinski definition) is 6. The predicted octanol–water partition coefficient (Wildman–Crippen LogP) is 2.06. The summed E-state index contributed by atoms with van der Waals surface area (Å²) >= 11 is 0. The molecule has 9 heteroatoms. The highest BCUT2D eigenvalue weighted by atomic mass is 16.5. The van der Waals surface area contributed by atoms with Gasteiger partial charge in [0.05, 0.1) is 12.7 Å². The van der Waals surface area contributed by atoms with Gasteiger partial charge in [0.25, 0.3) is 12.4 Å². The molecule has 2 fully saturated rings. The summed E-state index contributed by atoms with van der Waals surface area (Å²) in [6.45, 7) is 5.23. The quantitative estimate of drug-likeness (QED) is 0.380. The van der Waals surface area contributed by atoms with Crippen LogP contribution in [0.2, 0.25) is 0 Å². The summed E-state index contributed by atoms with van der Waals surface area (Å²) < 4.78 is 4.73. The minimum atomic E-state index is -0.460. The summed E-state index contributed by atoms with van der Waals surface area (Å²) in [5.41, 5.74) is 0.801. The molecule has 3 N–H and O–H groups in total. The van der Waals surface area contributed by atoms with Crippen LogP contribution in [0.25, 0.3) is 0 Å². The molecule has 0 spiro atoms. The van der Waals surface area contributed by atoms with Crippen molar-refractivity contribution in [1.29, 1.82) is 0 Å². The number of likely N-dealkylation sites (tertiary alicyclic amines) is 1. The van der Waals surface area contributed by atoms with Gasteiger partial charge < -0.3 is 20.5 Å². The van der Waals surface area contributed by atoms with Gasteiger partial charge in [0.1, 0.15) is 0 Å². The van der Waals surface area contributed by atoms with Crippen LogP contribution in [0.1, 0.15) is 66.7 Å². The van der Waals surface area contributed by atoms with Gasteiger partial charge in [-0.2, -0.15) is 0 Å². The van der Waals surface area contributed by atoms with Crippen LogP contribution < -0.4 is 10.6 Å². The van der Waals surface area contributed by atoms with E-state index in [0.717, 1.165) is 19.4 Å². The van der Waals surface area contributed by atoms with Gasteiger partial charge in [0.2, 0.25) is 5.91 Å². The Kier molecular flexibility index (Phi) is 10.3. The second-order valence-electron chi connectivity index (χ2n) is 8.84. The molecule has 2 aliphatic rings. The lowest BCUT2D eigenvalue weighted by Gasteiger charge is -2.30. The third kappa shape index (κ3) is 8.49. The number of carbonyl (C=O) groups excluding carboxylic acids is 3. The number of benzene rings is 1. The first kappa shape index (κ1) is 26.3. The molecule has 3 rings (SSSR count). The molecule has 0 aromatic heterocycles. The van der Waals surface area contributed by atoms with Gasteiger partial charge >= 0.3 is 5.97 Å². The maximum absolute atomic E-state index is 12.6. The van der Waals surface area contributed by atoms with Crippen LogP contribution in [0.3, 0.4) is 0 Å². The van der Waals surface area contributed by atoms with Crippen molar-refractivity contribution >= 4 is 24.3 Å². The van der Waals surface area contributed by atoms with Crippen LogP contribution in [0.15, 0.2) is 24.3 Å². The molecule has 1 saturated carbocycles. The zero-order chi connectivity index (χ0) is 24.4. The Bertz CT molecular complexity index is 824. The molecule has 1 aromatic rings. The van der Waals surface area contributed by atoms with Crippen molar-refractivity contribution in [3.8, 4) is 0 Å². The van der Waals surface area contributed by atoms with Crippen LogP contribution >= 0.6 is 0 Å². The van der Waals surface area contributed by atoms with E-state index < -0.39 is 5.97 Å². The van der Waals surface area contributed by atoms with Crippen LogP contribution in [-0.4, -0.2) is 72.6 Å². The number of esters is 1. The average molecular weight is 462 g/mol. The number of carboxylic acid groups (broad SMARTS) is 1. The second-order valence-corrected chi connectivity index (χ2v) is 8.84. The van der Waals surface area contributed by atoms with Crippen LogP contribution in [0.4, 0.5) is 0 Å². The van der Waals surface area contributed by atoms with E-state index in [-0.39, 0.29) is 36.4 Å². The first-order valence-electron chi connectivity index (χ1n) is 11.4. The molecule has 0 radical (unpaired) electrons. The largest absolute Gasteiger partial charge is 0.483 e. The third-order valence-corrected chi connectivity index (χ3v) is 5.85. The highest BCUT2D eigenvalue weighted by Crippen LogP contribution is 2.35. The summed E-state index contributed by atoms with van der Waals surface area (Å²) in [6, 6.07) is 7.16. The topological polar surface area (TPSA) is 125 Å². The number of hydrogen-bond donors (Lipinski definition) is 3. The predicted molar refractivity (Wildman–Crippen MR) is 123 cm³/mol. The average Bonchev–Trinajstić information content (AvgIpc) is 3.53. The number of carbonyl (C=O) groups is 4. The minimum Gasteiger partial charge on any atom is -0.483 e. The minimum absolute atomic E-state index is 0.0973. The number of nitrogens with one attached hydrogen (secondary N) is 2. The van der Waals surface area contributed by atoms with Crippen molar-refractivity contribution in [2.24, 2.45) is 5.92 Å². The monoisotopic (exact) mass is 461 g/mol. The van der Waals surface area contributed by atoms with Gasteiger partial charge in [-0.15, -0.1) is 0 Å². The summed E-state index contributed by atoms with van der Waals surface area (Å²) in [4.78, 5) is 47.4. The van der Waals surface area contributed by atoms with E-state index in [0.29, 0.717) is 30.0 Å². The molecular formula is C24H35N3O6. The molecule has 1 aromatic carbocycles. The lowest BCUT2D eigenvalue weighted by molar-refractivity contribution is -0.123. The SMILES string of the molecule is COC(=O)c1cccc(C(=O)NC[C@@H]2CC[C@H](CC(=O)NC(C)C)N2CC2CC2)c1.O=CO. The normalized spacial score (nSPS) is 19.9. The van der Waals surface area contributed by atoms with Gasteiger partial charge in [0.15, 0.2) is 0 Å². The van der Waals surface area contributed by atoms with Gasteiger partial charge in [-0.1, -0.05) is 6.07 Å². The van der Waals surface area contributed by atoms with Gasteiger partial charge in [0, 0.05) is 43.2 Å². The summed E-state index contributed by atoms with van der Waals surface area (Å²) in [5, 5.41) is 12.9. The summed E-state index contributed by atoms with van der Waals surface area (Å²) in [7, 11) is 1.32. The molecule has 0 unspecified atom stereocenters. The highest BCUT2D eigenvalue weighted by molar-refractivity contribution is 5.97. The zero-order valence-electron chi connectivity index (χ0n) is 19.6. The molecule has 33 heavy (non-hydrogen) atoms. The van der Waals surface area contributed by atoms with Gasteiger partial charge in [-0.3, -0.25) is 19.3 Å². The third-order valence-electron chi connectivity index (χ3n) is 5.85. The number of ether oxygens (including phenoxy) is 1. The van der Waals surface area contributed by atoms with Crippen molar-refractivity contribution in [2.45, 2.75) is 64.1 Å². The van der Waals surface area contributed by atoms with Crippen molar-refractivity contribution in [3.63, 3.8) is 0 Å². The number of methoxy groups -OCH3 is 1. The maximum atomic E-state index is 12.6. The number of rotatable bonds is 9. The lowest BCUT2D eigenvalue weighted by atomic mass is 10.1. The molecule has 9 nitrogen and oxygen atoms in total. The highest BCUT2D eigenvalue weighted by Gasteiger charge is 2.38. The van der Waals surface area contributed by atoms with Gasteiger partial charge in [-0.05, 0) is 63.6 Å². The summed E-state index contributed by atoms with van der Waals surface area (Å²) in [5.74, 6) is 0.153. The molecule has 1 aliphatic carbocycles. The first-order chi connectivity index (χ1) is 15.8. The summed E-state index contributed by atoms with van der Waals surface area (Å²) in [6.07, 6.45) is 4.95. The zero-order valence-corrected chi connectivity index (χ0v) is 19.6. The van der Waals surface area contributed by atoms with E-state index in [1.54, 1.807) is 24.3 Å². The smallest absolute Gasteiger partial charge is 0.337 e. The Morgan fingerprint density at radius 1 is 1.15 bits per heavy atom. The van der Waals surface area contributed by atoms with Crippen molar-refractivity contribution in [2.75, 3.05) is 20.2 Å². The van der Waals surface area contributed by atoms with Gasteiger partial charge in [-0.25, -0.2) is 4.79 Å². The molecular weight excluding hydrogens is 426 g/mol. The number of nitrogens with zero attached hydrogens (tertiary/aromatic N) is 1. The van der Waals surface area contributed by atoms with Crippen LogP contribution in [-0.2, 0) is 14.3 Å². The van der Waals surface area contributed by atoms with Crippen molar-refractivity contribution in [1.82, 2.24) is 15.5 Å². The fourth-order valence-electron chi connectivity index (χ4n) is 4.16. The van der Waals surface area contributed by atoms with E-state index in [9.17, 15) is 14.4 Å². The van der Waals surface area contributed by atoms with Crippen molar-refractivity contribution < 1.29 is 29.0 Å². The van der Waals surface area contributed by atoms with E-state index >= 15 is 0 Å². The Morgan fingerprint density at radius 3 is 2.39 bits per heavy atom. The molecule has 1 aliphatic heterocycles. The maximum Gasteiger partial charge on any atom is 0.337 e. The molecule has 0 bridgehead atoms. The van der Waals surface area contributed by atoms with Crippen LogP contribution in [0.5, 0.6) is 0 Å². The van der Waals surface area contributed by atoms with Crippen molar-refractivity contribution in [3.05, 3.63) is 35.4 Å². The Hall–Kier alpha value is -2.94. The molecule has 1 heterocycles. The Labute approximate surface area is 194 Å². The molecule has 182 valence electrons. The fourth-order valence-corrected chi connectivity index (χ4v) is 4.16. The molecule has 2 atom stereocenters. The first-order valence-corrected chi connectivity index (χ1v) is 11.4. The Balaban J connectivity index is 0.00000122. The molecule has 2 amide bonds. The van der Waals surface area contributed by atoms with E-state index in [4.69, 9.17) is 14.6 Å². The van der Waals surface area contributed by atoms with E-state index in [1.165, 1.54) is 20.0 Å². The van der Waals surface area contributed by atoms with E-state index in [1.807, 2.05) is 13.8 Å². The van der Waals surface area contributed by atoms with E-state index in [2.05, 4.69) is 15.5 Å². The number of amides is 2.